The number of aromatic nitrogens is 2. The first-order valence-electron chi connectivity index (χ1n) is 9.03. The summed E-state index contributed by atoms with van der Waals surface area (Å²) in [5.41, 5.74) is 3.17. The van der Waals surface area contributed by atoms with Crippen LogP contribution < -0.4 is 4.90 Å². The Bertz CT molecular complexity index is 1080. The number of thioether (sulfide) groups is 1. The highest BCUT2D eigenvalue weighted by atomic mass is 32.2. The number of carbonyl (C=O) groups excluding carboxylic acids is 1. The van der Waals surface area contributed by atoms with Gasteiger partial charge in [0.05, 0.1) is 11.1 Å². The van der Waals surface area contributed by atoms with Crippen LogP contribution in [0.5, 0.6) is 0 Å². The molecule has 0 saturated carbocycles. The lowest BCUT2D eigenvalue weighted by Crippen LogP contribution is -2.32. The number of para-hydroxylation sites is 1. The zero-order chi connectivity index (χ0) is 19.3. The van der Waals surface area contributed by atoms with Gasteiger partial charge in [0, 0.05) is 23.2 Å². The molecule has 0 aliphatic carbocycles. The van der Waals surface area contributed by atoms with Crippen LogP contribution in [-0.2, 0) is 4.79 Å². The van der Waals surface area contributed by atoms with Gasteiger partial charge in [0.2, 0.25) is 5.91 Å². The summed E-state index contributed by atoms with van der Waals surface area (Å²) in [6, 6.07) is 20.0. The van der Waals surface area contributed by atoms with Gasteiger partial charge in [0.1, 0.15) is 16.2 Å². The van der Waals surface area contributed by atoms with Crippen molar-refractivity contribution in [3.05, 3.63) is 72.4 Å². The van der Waals surface area contributed by atoms with Crippen LogP contribution in [0.2, 0.25) is 0 Å². The summed E-state index contributed by atoms with van der Waals surface area (Å²) in [7, 11) is 0. The molecule has 4 rings (SSSR count). The van der Waals surface area contributed by atoms with Gasteiger partial charge in [-0.15, -0.1) is 11.3 Å². The van der Waals surface area contributed by atoms with Gasteiger partial charge in [-0.3, -0.25) is 4.79 Å². The Hall–Kier alpha value is -2.70. The monoisotopic (exact) mass is 405 g/mol. The molecule has 0 radical (unpaired) electrons. The minimum absolute atomic E-state index is 0.0713. The van der Waals surface area contributed by atoms with E-state index in [1.165, 1.54) is 11.8 Å². The van der Waals surface area contributed by atoms with E-state index in [4.69, 9.17) is 0 Å². The molecular formula is C22H19N3OS2. The van der Waals surface area contributed by atoms with Gasteiger partial charge in [0.25, 0.3) is 0 Å². The third kappa shape index (κ3) is 3.79. The van der Waals surface area contributed by atoms with Crippen molar-refractivity contribution in [3.63, 3.8) is 0 Å². The molecule has 2 aromatic heterocycles. The van der Waals surface area contributed by atoms with Crippen LogP contribution in [0.15, 0.2) is 77.4 Å². The maximum absolute atomic E-state index is 12.8. The fourth-order valence-electron chi connectivity index (χ4n) is 3.11. The topological polar surface area (TPSA) is 46.1 Å². The van der Waals surface area contributed by atoms with E-state index >= 15 is 0 Å². The van der Waals surface area contributed by atoms with Crippen molar-refractivity contribution >= 4 is 44.9 Å². The zero-order valence-electron chi connectivity index (χ0n) is 15.4. The molecule has 0 aliphatic heterocycles. The predicted molar refractivity (Wildman–Crippen MR) is 118 cm³/mol. The summed E-state index contributed by atoms with van der Waals surface area (Å²) in [5.74, 6) is 0.404. The number of hydrogen-bond donors (Lipinski definition) is 0. The largest absolute Gasteiger partial charge is 0.312 e. The van der Waals surface area contributed by atoms with Crippen molar-refractivity contribution < 1.29 is 4.79 Å². The Morgan fingerprint density at radius 3 is 2.46 bits per heavy atom. The number of thiophene rings is 1. The molecule has 0 fully saturated rings. The lowest BCUT2D eigenvalue weighted by molar-refractivity contribution is -0.116. The number of carbonyl (C=O) groups is 1. The average Bonchev–Trinajstić information content (AvgIpc) is 3.19. The van der Waals surface area contributed by atoms with E-state index in [0.29, 0.717) is 12.3 Å². The van der Waals surface area contributed by atoms with Crippen molar-refractivity contribution in [1.82, 2.24) is 9.97 Å². The normalized spacial score (nSPS) is 10.9. The Morgan fingerprint density at radius 2 is 1.75 bits per heavy atom. The van der Waals surface area contributed by atoms with E-state index in [9.17, 15) is 4.79 Å². The first-order valence-corrected chi connectivity index (χ1v) is 10.9. The minimum Gasteiger partial charge on any atom is -0.312 e. The second-order valence-electron chi connectivity index (χ2n) is 6.14. The third-order valence-corrected chi connectivity index (χ3v) is 6.30. The summed E-state index contributed by atoms with van der Waals surface area (Å²) >= 11 is 3.08. The summed E-state index contributed by atoms with van der Waals surface area (Å²) < 4.78 is 0. The van der Waals surface area contributed by atoms with E-state index in [1.54, 1.807) is 22.6 Å². The second kappa shape index (κ2) is 8.54. The van der Waals surface area contributed by atoms with E-state index < -0.39 is 0 Å². The fraction of sp³-hybridized carbons (Fsp3) is 0.136. The van der Waals surface area contributed by atoms with Crippen LogP contribution in [0.4, 0.5) is 5.69 Å². The molecule has 6 heteroatoms. The molecular weight excluding hydrogens is 386 g/mol. The van der Waals surface area contributed by atoms with Gasteiger partial charge >= 0.3 is 0 Å². The Labute approximate surface area is 172 Å². The highest BCUT2D eigenvalue weighted by molar-refractivity contribution is 8.00. The van der Waals surface area contributed by atoms with Crippen LogP contribution in [-0.4, -0.2) is 28.2 Å². The fourth-order valence-corrected chi connectivity index (χ4v) is 4.98. The smallest absolute Gasteiger partial charge is 0.237 e. The highest BCUT2D eigenvalue weighted by Crippen LogP contribution is 2.37. The van der Waals surface area contributed by atoms with Gasteiger partial charge < -0.3 is 4.90 Å². The van der Waals surface area contributed by atoms with Gasteiger partial charge in [-0.05, 0) is 24.6 Å². The van der Waals surface area contributed by atoms with Gasteiger partial charge in [0.15, 0.2) is 0 Å². The van der Waals surface area contributed by atoms with Gasteiger partial charge in [-0.25, -0.2) is 9.97 Å². The Morgan fingerprint density at radius 1 is 1.04 bits per heavy atom. The molecule has 2 aromatic carbocycles. The summed E-state index contributed by atoms with van der Waals surface area (Å²) in [6.45, 7) is 2.63. The van der Waals surface area contributed by atoms with Crippen LogP contribution >= 0.6 is 23.1 Å². The van der Waals surface area contributed by atoms with Crippen molar-refractivity contribution in [3.8, 4) is 11.1 Å². The first kappa shape index (κ1) is 18.7. The van der Waals surface area contributed by atoms with Crippen LogP contribution in [0.3, 0.4) is 0 Å². The zero-order valence-corrected chi connectivity index (χ0v) is 17.0. The molecule has 0 spiro atoms. The van der Waals surface area contributed by atoms with E-state index in [2.05, 4.69) is 27.5 Å². The second-order valence-corrected chi connectivity index (χ2v) is 7.96. The number of nitrogens with zero attached hydrogens (tertiary/aromatic N) is 3. The molecule has 28 heavy (non-hydrogen) atoms. The number of amides is 1. The van der Waals surface area contributed by atoms with Crippen molar-refractivity contribution in [2.45, 2.75) is 11.9 Å². The number of hydrogen-bond acceptors (Lipinski definition) is 5. The number of benzene rings is 2. The predicted octanol–water partition coefficient (Wildman–Crippen LogP) is 5.50. The van der Waals surface area contributed by atoms with Crippen molar-refractivity contribution in [2.24, 2.45) is 0 Å². The maximum Gasteiger partial charge on any atom is 0.237 e. The summed E-state index contributed by atoms with van der Waals surface area (Å²) in [4.78, 5) is 24.5. The third-order valence-electron chi connectivity index (χ3n) is 4.44. The Balaban J connectivity index is 1.60. The molecule has 1 amide bonds. The number of rotatable bonds is 6. The molecule has 140 valence electrons. The van der Waals surface area contributed by atoms with Gasteiger partial charge in [-0.1, -0.05) is 60.3 Å². The quantitative estimate of drug-likeness (QED) is 0.314. The van der Waals surface area contributed by atoms with Crippen molar-refractivity contribution in [2.75, 3.05) is 17.2 Å². The molecule has 4 nitrogen and oxygen atoms in total. The van der Waals surface area contributed by atoms with Crippen LogP contribution in [0.1, 0.15) is 6.92 Å². The van der Waals surface area contributed by atoms with Gasteiger partial charge in [-0.2, -0.15) is 0 Å². The van der Waals surface area contributed by atoms with E-state index in [-0.39, 0.29) is 5.91 Å². The van der Waals surface area contributed by atoms with E-state index in [1.807, 2.05) is 55.5 Å². The first-order chi connectivity index (χ1) is 13.8. The molecule has 0 N–H and O–H groups in total. The SMILES string of the molecule is CCN(C(=O)CSc1ncnc2scc(-c3ccccc3)c12)c1ccccc1. The molecule has 2 heterocycles. The number of fused-ring (bicyclic) bond motifs is 1. The Kier molecular flexibility index (Phi) is 5.69. The molecule has 4 aromatic rings. The average molecular weight is 406 g/mol. The molecule has 0 saturated heterocycles. The minimum atomic E-state index is 0.0713. The van der Waals surface area contributed by atoms with Crippen LogP contribution in [0.25, 0.3) is 21.3 Å². The maximum atomic E-state index is 12.8. The molecule has 0 unspecified atom stereocenters. The summed E-state index contributed by atoms with van der Waals surface area (Å²) in [6.07, 6.45) is 1.58. The van der Waals surface area contributed by atoms with Crippen LogP contribution in [0, 0.1) is 0 Å². The van der Waals surface area contributed by atoms with E-state index in [0.717, 1.165) is 32.1 Å². The van der Waals surface area contributed by atoms with Crippen molar-refractivity contribution in [1.29, 1.82) is 0 Å². The standard InChI is InChI=1S/C22H19N3OS2/c1-2-25(17-11-7-4-8-12-17)19(26)14-28-22-20-18(16-9-5-3-6-10-16)13-27-21(20)23-15-24-22/h3-13,15H,2,14H2,1H3. The summed E-state index contributed by atoms with van der Waals surface area (Å²) in [5, 5.41) is 3.99. The molecule has 0 aliphatic rings. The lowest BCUT2D eigenvalue weighted by atomic mass is 10.1. The lowest BCUT2D eigenvalue weighted by Gasteiger charge is -2.20. The number of anilines is 1. The molecule has 0 bridgehead atoms. The molecule has 0 atom stereocenters. The highest BCUT2D eigenvalue weighted by Gasteiger charge is 2.17.